The molecule has 0 bridgehead atoms. The molecule has 6 heteroatoms. The van der Waals surface area contributed by atoms with E-state index in [1.165, 1.54) is 0 Å². The lowest BCUT2D eigenvalue weighted by atomic mass is 10.1. The SMILES string of the molecule is CCc1cccnc1CNS(=O)(=O)C(CC)CN. The Morgan fingerprint density at radius 2 is 2.17 bits per heavy atom. The molecule has 0 saturated carbocycles. The number of sulfonamides is 1. The van der Waals surface area contributed by atoms with Crippen LogP contribution >= 0.6 is 0 Å². The fraction of sp³-hybridized carbons (Fsp3) is 0.583. The summed E-state index contributed by atoms with van der Waals surface area (Å²) in [5.74, 6) is 0. The van der Waals surface area contributed by atoms with Crippen LogP contribution in [0.25, 0.3) is 0 Å². The Morgan fingerprint density at radius 1 is 1.44 bits per heavy atom. The van der Waals surface area contributed by atoms with Crippen LogP contribution in [-0.2, 0) is 23.0 Å². The van der Waals surface area contributed by atoms with Crippen molar-refractivity contribution < 1.29 is 8.42 Å². The van der Waals surface area contributed by atoms with Gasteiger partial charge in [0.1, 0.15) is 0 Å². The van der Waals surface area contributed by atoms with Gasteiger partial charge in [-0.2, -0.15) is 0 Å². The molecule has 1 rings (SSSR count). The van der Waals surface area contributed by atoms with Crippen molar-refractivity contribution in [1.82, 2.24) is 9.71 Å². The van der Waals surface area contributed by atoms with E-state index in [1.807, 2.05) is 26.0 Å². The molecule has 1 atom stereocenters. The molecule has 0 aromatic carbocycles. The van der Waals surface area contributed by atoms with Gasteiger partial charge in [0.05, 0.1) is 17.5 Å². The monoisotopic (exact) mass is 271 g/mol. The fourth-order valence-corrected chi connectivity index (χ4v) is 3.02. The van der Waals surface area contributed by atoms with Crippen molar-refractivity contribution in [2.24, 2.45) is 5.73 Å². The summed E-state index contributed by atoms with van der Waals surface area (Å²) in [5, 5.41) is -0.536. The van der Waals surface area contributed by atoms with Crippen LogP contribution in [0.4, 0.5) is 0 Å². The maximum Gasteiger partial charge on any atom is 0.216 e. The van der Waals surface area contributed by atoms with E-state index in [2.05, 4.69) is 9.71 Å². The molecule has 18 heavy (non-hydrogen) atoms. The van der Waals surface area contributed by atoms with E-state index in [0.29, 0.717) is 6.42 Å². The van der Waals surface area contributed by atoms with E-state index in [9.17, 15) is 8.42 Å². The zero-order chi connectivity index (χ0) is 13.6. The summed E-state index contributed by atoms with van der Waals surface area (Å²) in [6.45, 7) is 4.19. The quantitative estimate of drug-likeness (QED) is 0.768. The lowest BCUT2D eigenvalue weighted by Crippen LogP contribution is -2.38. The summed E-state index contributed by atoms with van der Waals surface area (Å²) < 4.78 is 26.5. The van der Waals surface area contributed by atoms with Crippen LogP contribution in [0.3, 0.4) is 0 Å². The van der Waals surface area contributed by atoms with Gasteiger partial charge in [0.25, 0.3) is 0 Å². The lowest BCUT2D eigenvalue weighted by molar-refractivity contribution is 0.559. The van der Waals surface area contributed by atoms with Gasteiger partial charge in [0.15, 0.2) is 0 Å². The van der Waals surface area contributed by atoms with Gasteiger partial charge >= 0.3 is 0 Å². The molecule has 1 unspecified atom stereocenters. The van der Waals surface area contributed by atoms with Crippen molar-refractivity contribution in [3.63, 3.8) is 0 Å². The third-order valence-electron chi connectivity index (χ3n) is 2.96. The number of hydrogen-bond donors (Lipinski definition) is 2. The molecular formula is C12H21N3O2S. The van der Waals surface area contributed by atoms with E-state index in [0.717, 1.165) is 17.7 Å². The minimum atomic E-state index is -3.36. The van der Waals surface area contributed by atoms with Crippen LogP contribution in [0.5, 0.6) is 0 Å². The highest BCUT2D eigenvalue weighted by Crippen LogP contribution is 2.08. The Bertz CT molecular complexity index is 470. The first-order chi connectivity index (χ1) is 8.55. The molecular weight excluding hydrogens is 250 g/mol. The van der Waals surface area contributed by atoms with Gasteiger partial charge in [-0.25, -0.2) is 13.1 Å². The van der Waals surface area contributed by atoms with Crippen LogP contribution in [0, 0.1) is 0 Å². The summed E-state index contributed by atoms with van der Waals surface area (Å²) in [4.78, 5) is 4.21. The summed E-state index contributed by atoms with van der Waals surface area (Å²) in [5.41, 5.74) is 7.29. The van der Waals surface area contributed by atoms with Gasteiger partial charge < -0.3 is 5.73 Å². The van der Waals surface area contributed by atoms with Crippen molar-refractivity contribution in [3.8, 4) is 0 Å². The third-order valence-corrected chi connectivity index (χ3v) is 4.91. The number of nitrogens with zero attached hydrogens (tertiary/aromatic N) is 1. The molecule has 0 spiro atoms. The second-order valence-corrected chi connectivity index (χ2v) is 6.14. The smallest absolute Gasteiger partial charge is 0.216 e. The average Bonchev–Trinajstić information content (AvgIpc) is 2.38. The zero-order valence-electron chi connectivity index (χ0n) is 10.9. The Labute approximate surface area is 109 Å². The van der Waals surface area contributed by atoms with Gasteiger partial charge in [0, 0.05) is 12.7 Å². The Hall–Kier alpha value is -0.980. The van der Waals surface area contributed by atoms with Crippen LogP contribution < -0.4 is 10.5 Å². The Balaban J connectivity index is 2.76. The van der Waals surface area contributed by atoms with Crippen LogP contribution in [0.2, 0.25) is 0 Å². The number of rotatable bonds is 7. The van der Waals surface area contributed by atoms with Crippen LogP contribution in [0.15, 0.2) is 18.3 Å². The second-order valence-electron chi connectivity index (χ2n) is 4.09. The predicted molar refractivity (Wildman–Crippen MR) is 72.5 cm³/mol. The summed E-state index contributed by atoms with van der Waals surface area (Å²) in [6, 6.07) is 3.81. The standard InChI is InChI=1S/C12H21N3O2S/c1-3-10-6-5-7-14-12(10)9-15-18(16,17)11(4-2)8-13/h5-7,11,15H,3-4,8-9,13H2,1-2H3. The van der Waals surface area contributed by atoms with E-state index in [1.54, 1.807) is 6.20 Å². The number of nitrogens with one attached hydrogen (secondary N) is 1. The number of aryl methyl sites for hydroxylation is 1. The van der Waals surface area contributed by atoms with Crippen molar-refractivity contribution in [2.45, 2.75) is 38.5 Å². The molecule has 0 fully saturated rings. The number of hydrogen-bond acceptors (Lipinski definition) is 4. The normalized spacial score (nSPS) is 13.5. The molecule has 1 aromatic rings. The van der Waals surface area contributed by atoms with E-state index >= 15 is 0 Å². The second kappa shape index (κ2) is 6.82. The van der Waals surface area contributed by atoms with E-state index in [4.69, 9.17) is 5.73 Å². The first-order valence-corrected chi connectivity index (χ1v) is 7.71. The summed E-state index contributed by atoms with van der Waals surface area (Å²) >= 11 is 0. The minimum absolute atomic E-state index is 0.134. The summed E-state index contributed by atoms with van der Waals surface area (Å²) in [7, 11) is -3.36. The van der Waals surface area contributed by atoms with Crippen molar-refractivity contribution >= 4 is 10.0 Å². The molecule has 3 N–H and O–H groups in total. The average molecular weight is 271 g/mol. The molecule has 0 aliphatic heterocycles. The molecule has 5 nitrogen and oxygen atoms in total. The van der Waals surface area contributed by atoms with E-state index in [-0.39, 0.29) is 13.1 Å². The van der Waals surface area contributed by atoms with Gasteiger partial charge in [-0.1, -0.05) is 19.9 Å². The topological polar surface area (TPSA) is 85.1 Å². The molecule has 1 heterocycles. The number of aromatic nitrogens is 1. The van der Waals surface area contributed by atoms with Crippen molar-refractivity contribution in [2.75, 3.05) is 6.54 Å². The first-order valence-electron chi connectivity index (χ1n) is 6.16. The maximum atomic E-state index is 11.9. The highest BCUT2D eigenvalue weighted by atomic mass is 32.2. The number of pyridine rings is 1. The lowest BCUT2D eigenvalue weighted by Gasteiger charge is -2.15. The zero-order valence-corrected chi connectivity index (χ0v) is 11.7. The van der Waals surface area contributed by atoms with Crippen LogP contribution in [-0.4, -0.2) is 25.2 Å². The van der Waals surface area contributed by atoms with E-state index < -0.39 is 15.3 Å². The third kappa shape index (κ3) is 3.76. The molecule has 0 amide bonds. The van der Waals surface area contributed by atoms with Crippen molar-refractivity contribution in [3.05, 3.63) is 29.6 Å². The van der Waals surface area contributed by atoms with Gasteiger partial charge in [-0.05, 0) is 24.5 Å². The Morgan fingerprint density at radius 3 is 2.72 bits per heavy atom. The largest absolute Gasteiger partial charge is 0.329 e. The number of nitrogens with two attached hydrogens (primary N) is 1. The fourth-order valence-electron chi connectivity index (χ4n) is 1.75. The molecule has 0 radical (unpaired) electrons. The molecule has 0 aliphatic rings. The maximum absolute atomic E-state index is 11.9. The molecule has 1 aromatic heterocycles. The molecule has 0 saturated heterocycles. The highest BCUT2D eigenvalue weighted by molar-refractivity contribution is 7.90. The van der Waals surface area contributed by atoms with Crippen molar-refractivity contribution in [1.29, 1.82) is 0 Å². The predicted octanol–water partition coefficient (Wildman–Crippen LogP) is 0.801. The first kappa shape index (κ1) is 15.1. The summed E-state index contributed by atoms with van der Waals surface area (Å²) in [6.07, 6.45) is 3.01. The molecule has 0 aliphatic carbocycles. The van der Waals surface area contributed by atoms with Gasteiger partial charge in [-0.15, -0.1) is 0 Å². The van der Waals surface area contributed by atoms with Crippen LogP contribution in [0.1, 0.15) is 31.5 Å². The molecule has 102 valence electrons. The minimum Gasteiger partial charge on any atom is -0.329 e. The Kier molecular flexibility index (Phi) is 5.71. The van der Waals surface area contributed by atoms with Gasteiger partial charge in [0.2, 0.25) is 10.0 Å². The highest BCUT2D eigenvalue weighted by Gasteiger charge is 2.22. The van der Waals surface area contributed by atoms with Gasteiger partial charge in [-0.3, -0.25) is 4.98 Å².